The van der Waals surface area contributed by atoms with Gasteiger partial charge in [-0.25, -0.2) is 4.98 Å². The number of methoxy groups -OCH3 is 1. The first kappa shape index (κ1) is 17.0. The fraction of sp³-hybridized carbons (Fsp3) is 0.176. The molecule has 3 heterocycles. The Kier molecular flexibility index (Phi) is 3.83. The maximum Gasteiger partial charge on any atom is 0.416 e. The molecule has 27 heavy (non-hydrogen) atoms. The third-order valence-corrected chi connectivity index (χ3v) is 4.01. The molecule has 0 radical (unpaired) electrons. The minimum atomic E-state index is -4.45. The van der Waals surface area contributed by atoms with Gasteiger partial charge in [-0.2, -0.15) is 18.3 Å². The van der Waals surface area contributed by atoms with E-state index >= 15 is 0 Å². The van der Waals surface area contributed by atoms with Crippen LogP contribution in [0.5, 0.6) is 5.88 Å². The van der Waals surface area contributed by atoms with Gasteiger partial charge in [0.15, 0.2) is 5.82 Å². The van der Waals surface area contributed by atoms with Crippen molar-refractivity contribution in [2.24, 2.45) is 7.05 Å². The van der Waals surface area contributed by atoms with Crippen molar-refractivity contribution in [1.29, 1.82) is 0 Å². The van der Waals surface area contributed by atoms with Crippen LogP contribution in [0.15, 0.2) is 42.7 Å². The molecule has 7 nitrogen and oxygen atoms in total. The molecule has 4 rings (SSSR count). The SMILES string of the molecule is COc1ccc(-n2c(-c3cnn(C)c3)nc3cc(C(F)(F)F)ccc32)nn1. The van der Waals surface area contributed by atoms with Crippen molar-refractivity contribution in [1.82, 2.24) is 29.5 Å². The number of aromatic nitrogens is 6. The van der Waals surface area contributed by atoms with E-state index in [1.54, 1.807) is 40.8 Å². The molecule has 0 amide bonds. The van der Waals surface area contributed by atoms with Gasteiger partial charge in [-0.3, -0.25) is 9.25 Å². The van der Waals surface area contributed by atoms with Gasteiger partial charge in [0.1, 0.15) is 5.82 Å². The lowest BCUT2D eigenvalue weighted by Crippen LogP contribution is -2.05. The molecule has 0 bridgehead atoms. The highest BCUT2D eigenvalue weighted by Gasteiger charge is 2.31. The molecule has 0 saturated heterocycles. The minimum absolute atomic E-state index is 0.196. The predicted molar refractivity (Wildman–Crippen MR) is 90.4 cm³/mol. The highest BCUT2D eigenvalue weighted by Crippen LogP contribution is 2.34. The van der Waals surface area contributed by atoms with E-state index in [-0.39, 0.29) is 5.52 Å². The van der Waals surface area contributed by atoms with Gasteiger partial charge >= 0.3 is 6.18 Å². The van der Waals surface area contributed by atoms with Crippen molar-refractivity contribution in [3.63, 3.8) is 0 Å². The van der Waals surface area contributed by atoms with Crippen LogP contribution in [0, 0.1) is 0 Å². The Bertz CT molecular complexity index is 1110. The van der Waals surface area contributed by atoms with Crippen LogP contribution in [-0.4, -0.2) is 36.6 Å². The van der Waals surface area contributed by atoms with Crippen LogP contribution in [0.3, 0.4) is 0 Å². The number of benzene rings is 1. The molecule has 3 aromatic heterocycles. The average Bonchev–Trinajstić information content (AvgIpc) is 3.23. The average molecular weight is 374 g/mol. The smallest absolute Gasteiger partial charge is 0.416 e. The summed E-state index contributed by atoms with van der Waals surface area (Å²) in [5.41, 5.74) is 0.542. The number of alkyl halides is 3. The number of fused-ring (bicyclic) bond motifs is 1. The molecular formula is C17H13F3N6O. The van der Waals surface area contributed by atoms with E-state index < -0.39 is 11.7 Å². The zero-order chi connectivity index (χ0) is 19.2. The normalized spacial score (nSPS) is 11.9. The fourth-order valence-electron chi connectivity index (χ4n) is 2.76. The van der Waals surface area contributed by atoms with Crippen LogP contribution < -0.4 is 4.74 Å². The van der Waals surface area contributed by atoms with Gasteiger partial charge in [-0.05, 0) is 24.3 Å². The van der Waals surface area contributed by atoms with Gasteiger partial charge in [0.25, 0.3) is 0 Å². The Morgan fingerprint density at radius 1 is 1.07 bits per heavy atom. The van der Waals surface area contributed by atoms with E-state index in [1.807, 2.05) is 0 Å². The summed E-state index contributed by atoms with van der Waals surface area (Å²) in [4.78, 5) is 4.40. The summed E-state index contributed by atoms with van der Waals surface area (Å²) in [6.07, 6.45) is -1.15. The van der Waals surface area contributed by atoms with Crippen LogP contribution in [0.2, 0.25) is 0 Å². The number of ether oxygens (including phenoxy) is 1. The number of nitrogens with zero attached hydrogens (tertiary/aromatic N) is 6. The number of aryl methyl sites for hydroxylation is 1. The first-order valence-electron chi connectivity index (χ1n) is 7.83. The number of hydrogen-bond donors (Lipinski definition) is 0. The summed E-state index contributed by atoms with van der Waals surface area (Å²) < 4.78 is 47.4. The Balaban J connectivity index is 1.98. The zero-order valence-corrected chi connectivity index (χ0v) is 14.3. The Morgan fingerprint density at radius 3 is 2.48 bits per heavy atom. The van der Waals surface area contributed by atoms with Crippen LogP contribution >= 0.6 is 0 Å². The predicted octanol–water partition coefficient (Wildman–Crippen LogP) is 3.24. The summed E-state index contributed by atoms with van der Waals surface area (Å²) >= 11 is 0. The summed E-state index contributed by atoms with van der Waals surface area (Å²) in [5, 5.41) is 12.1. The summed E-state index contributed by atoms with van der Waals surface area (Å²) in [6, 6.07) is 6.68. The molecule has 0 aliphatic rings. The number of hydrogen-bond acceptors (Lipinski definition) is 5. The second-order valence-corrected chi connectivity index (χ2v) is 5.81. The molecule has 0 saturated carbocycles. The Morgan fingerprint density at radius 2 is 1.89 bits per heavy atom. The molecule has 4 aromatic rings. The Hall–Kier alpha value is -3.43. The van der Waals surface area contributed by atoms with Crippen LogP contribution in [0.25, 0.3) is 28.2 Å². The topological polar surface area (TPSA) is 70.7 Å². The molecule has 0 unspecified atom stereocenters. The fourth-order valence-corrected chi connectivity index (χ4v) is 2.76. The third-order valence-electron chi connectivity index (χ3n) is 4.01. The zero-order valence-electron chi connectivity index (χ0n) is 14.3. The van der Waals surface area contributed by atoms with Crippen LogP contribution in [0.4, 0.5) is 13.2 Å². The number of imidazole rings is 1. The molecule has 0 N–H and O–H groups in total. The molecule has 0 aliphatic carbocycles. The second kappa shape index (κ2) is 6.08. The van der Waals surface area contributed by atoms with Gasteiger partial charge in [0.05, 0.1) is 35.5 Å². The molecule has 1 aromatic carbocycles. The molecular weight excluding hydrogens is 361 g/mol. The van der Waals surface area contributed by atoms with Crippen molar-refractivity contribution in [2.75, 3.05) is 7.11 Å². The van der Waals surface area contributed by atoms with E-state index in [2.05, 4.69) is 20.3 Å². The largest absolute Gasteiger partial charge is 0.480 e. The first-order valence-corrected chi connectivity index (χ1v) is 7.83. The molecule has 138 valence electrons. The van der Waals surface area contributed by atoms with E-state index in [1.165, 1.54) is 13.2 Å². The second-order valence-electron chi connectivity index (χ2n) is 5.81. The van der Waals surface area contributed by atoms with Crippen molar-refractivity contribution in [3.8, 4) is 23.1 Å². The van der Waals surface area contributed by atoms with E-state index in [0.29, 0.717) is 28.6 Å². The van der Waals surface area contributed by atoms with E-state index in [9.17, 15) is 13.2 Å². The molecule has 0 spiro atoms. The highest BCUT2D eigenvalue weighted by molar-refractivity contribution is 5.83. The van der Waals surface area contributed by atoms with Crippen LogP contribution in [0.1, 0.15) is 5.56 Å². The minimum Gasteiger partial charge on any atom is -0.480 e. The quantitative estimate of drug-likeness (QED) is 0.551. The molecule has 0 atom stereocenters. The maximum atomic E-state index is 13.1. The van der Waals surface area contributed by atoms with Crippen molar-refractivity contribution < 1.29 is 17.9 Å². The van der Waals surface area contributed by atoms with Gasteiger partial charge in [0, 0.05) is 19.3 Å². The summed E-state index contributed by atoms with van der Waals surface area (Å²) in [6.45, 7) is 0. The first-order chi connectivity index (χ1) is 12.9. The highest BCUT2D eigenvalue weighted by atomic mass is 19.4. The number of halogens is 3. The van der Waals surface area contributed by atoms with Gasteiger partial charge < -0.3 is 4.74 Å². The van der Waals surface area contributed by atoms with Gasteiger partial charge in [-0.15, -0.1) is 10.2 Å². The van der Waals surface area contributed by atoms with Gasteiger partial charge in [0.2, 0.25) is 5.88 Å². The lowest BCUT2D eigenvalue weighted by atomic mass is 10.2. The summed E-state index contributed by atoms with van der Waals surface area (Å²) in [7, 11) is 3.21. The third kappa shape index (κ3) is 2.98. The lowest BCUT2D eigenvalue weighted by molar-refractivity contribution is -0.137. The summed E-state index contributed by atoms with van der Waals surface area (Å²) in [5.74, 6) is 1.14. The molecule has 0 aliphatic heterocycles. The van der Waals surface area contributed by atoms with Crippen LogP contribution in [-0.2, 0) is 13.2 Å². The monoisotopic (exact) mass is 374 g/mol. The lowest BCUT2D eigenvalue weighted by Gasteiger charge is -2.08. The molecule has 0 fully saturated rings. The van der Waals surface area contributed by atoms with Crippen molar-refractivity contribution >= 4 is 11.0 Å². The maximum absolute atomic E-state index is 13.1. The van der Waals surface area contributed by atoms with E-state index in [0.717, 1.165) is 12.1 Å². The Labute approximate surface area is 151 Å². The van der Waals surface area contributed by atoms with Gasteiger partial charge in [-0.1, -0.05) is 0 Å². The standard InChI is InChI=1S/C17H13F3N6O/c1-25-9-10(8-21-25)16-22-12-7-11(17(18,19)20)3-4-13(12)26(16)14-5-6-15(27-2)24-23-14/h3-9H,1-2H3. The number of rotatable bonds is 3. The van der Waals surface area contributed by atoms with Crippen molar-refractivity contribution in [3.05, 3.63) is 48.3 Å². The molecule has 10 heteroatoms. The van der Waals surface area contributed by atoms with Crippen molar-refractivity contribution in [2.45, 2.75) is 6.18 Å². The van der Waals surface area contributed by atoms with E-state index in [4.69, 9.17) is 4.74 Å².